The van der Waals surface area contributed by atoms with Crippen LogP contribution in [0.4, 0.5) is 11.4 Å². The fourth-order valence-electron chi connectivity index (χ4n) is 2.77. The van der Waals surface area contributed by atoms with Gasteiger partial charge in [0.25, 0.3) is 0 Å². The van der Waals surface area contributed by atoms with Crippen LogP contribution in [-0.4, -0.2) is 10.1 Å². The van der Waals surface area contributed by atoms with E-state index in [0.717, 1.165) is 27.5 Å². The van der Waals surface area contributed by atoms with Gasteiger partial charge in [0.05, 0.1) is 10.2 Å². The molecule has 0 atom stereocenters. The fourth-order valence-corrected chi connectivity index (χ4v) is 4.60. The van der Waals surface area contributed by atoms with Crippen LogP contribution in [0.3, 0.4) is 0 Å². The number of nitrogens with zero attached hydrogens (tertiary/aromatic N) is 1. The molecule has 140 valence electrons. The van der Waals surface area contributed by atoms with Gasteiger partial charge in [-0.1, -0.05) is 29.3 Å². The Morgan fingerprint density at radius 3 is 2.29 bits per heavy atom. The number of hydrogen-bond acceptors (Lipinski definition) is 3. The summed E-state index contributed by atoms with van der Waals surface area (Å²) >= 11 is 19.1. The molecule has 2 N–H and O–H groups in total. The third kappa shape index (κ3) is 4.45. The first kappa shape index (κ1) is 19.2. The second-order valence-electron chi connectivity index (χ2n) is 6.30. The Labute approximate surface area is 182 Å². The van der Waals surface area contributed by atoms with Gasteiger partial charge in [0, 0.05) is 27.0 Å². The highest BCUT2D eigenvalue weighted by Crippen LogP contribution is 2.31. The number of rotatable bonds is 3. The molecule has 0 bridgehead atoms. The second kappa shape index (κ2) is 8.05. The first-order valence-electron chi connectivity index (χ1n) is 8.48. The van der Waals surface area contributed by atoms with Gasteiger partial charge in [-0.2, -0.15) is 0 Å². The van der Waals surface area contributed by atoms with Crippen LogP contribution in [0.15, 0.2) is 60.7 Å². The lowest BCUT2D eigenvalue weighted by Crippen LogP contribution is -2.18. The lowest BCUT2D eigenvalue weighted by atomic mass is 10.2. The fraction of sp³-hybridized carbons (Fsp3) is 0.0476. The van der Waals surface area contributed by atoms with Gasteiger partial charge in [-0.3, -0.25) is 0 Å². The average molecular weight is 444 g/mol. The molecule has 0 radical (unpaired) electrons. The summed E-state index contributed by atoms with van der Waals surface area (Å²) in [5.41, 5.74) is 4.95. The van der Waals surface area contributed by atoms with Crippen molar-refractivity contribution in [2.75, 3.05) is 10.6 Å². The SMILES string of the molecule is Cc1ccc2nc(-c3ccc(NC(=S)Nc4cc(Cl)cc(Cl)c4)cc3)sc2c1. The third-order valence-corrected chi connectivity index (χ3v) is 5.76. The summed E-state index contributed by atoms with van der Waals surface area (Å²) in [5, 5.41) is 8.80. The molecule has 0 unspecified atom stereocenters. The third-order valence-electron chi connectivity index (χ3n) is 4.05. The molecule has 4 rings (SSSR count). The average Bonchev–Trinajstić information content (AvgIpc) is 3.04. The number of aryl methyl sites for hydroxylation is 1. The van der Waals surface area contributed by atoms with Crippen molar-refractivity contribution < 1.29 is 0 Å². The van der Waals surface area contributed by atoms with E-state index in [9.17, 15) is 0 Å². The van der Waals surface area contributed by atoms with E-state index in [0.29, 0.717) is 15.2 Å². The number of nitrogens with one attached hydrogen (secondary N) is 2. The first-order valence-corrected chi connectivity index (χ1v) is 10.5. The Balaban J connectivity index is 1.47. The van der Waals surface area contributed by atoms with E-state index in [1.165, 1.54) is 10.3 Å². The van der Waals surface area contributed by atoms with E-state index in [4.69, 9.17) is 40.4 Å². The largest absolute Gasteiger partial charge is 0.332 e. The number of thiazole rings is 1. The molecule has 4 aromatic rings. The zero-order valence-corrected chi connectivity index (χ0v) is 17.9. The van der Waals surface area contributed by atoms with Crippen molar-refractivity contribution in [3.63, 3.8) is 0 Å². The van der Waals surface area contributed by atoms with Crippen LogP contribution >= 0.6 is 46.8 Å². The molecule has 7 heteroatoms. The quantitative estimate of drug-likeness (QED) is 0.323. The zero-order valence-electron chi connectivity index (χ0n) is 14.8. The minimum absolute atomic E-state index is 0.460. The lowest BCUT2D eigenvalue weighted by Gasteiger charge is -2.11. The second-order valence-corrected chi connectivity index (χ2v) is 8.62. The molecule has 0 saturated carbocycles. The minimum Gasteiger partial charge on any atom is -0.332 e. The normalized spacial score (nSPS) is 10.8. The smallest absolute Gasteiger partial charge is 0.175 e. The summed E-state index contributed by atoms with van der Waals surface area (Å²) in [4.78, 5) is 4.72. The van der Waals surface area contributed by atoms with E-state index >= 15 is 0 Å². The zero-order chi connectivity index (χ0) is 19.7. The molecule has 3 nitrogen and oxygen atoms in total. The molecule has 1 aromatic heterocycles. The number of anilines is 2. The van der Waals surface area contributed by atoms with Crippen molar-refractivity contribution in [2.24, 2.45) is 0 Å². The van der Waals surface area contributed by atoms with Crippen molar-refractivity contribution in [1.82, 2.24) is 4.98 Å². The Morgan fingerprint density at radius 1 is 0.893 bits per heavy atom. The summed E-state index contributed by atoms with van der Waals surface area (Å²) < 4.78 is 1.20. The molecule has 1 heterocycles. The molecular weight excluding hydrogens is 429 g/mol. The number of aromatic nitrogens is 1. The van der Waals surface area contributed by atoms with Crippen LogP contribution in [0.1, 0.15) is 5.56 Å². The number of hydrogen-bond donors (Lipinski definition) is 2. The van der Waals surface area contributed by atoms with Crippen LogP contribution in [-0.2, 0) is 0 Å². The number of halogens is 2. The van der Waals surface area contributed by atoms with Crippen molar-refractivity contribution in [1.29, 1.82) is 0 Å². The van der Waals surface area contributed by atoms with E-state index in [2.05, 4.69) is 35.8 Å². The van der Waals surface area contributed by atoms with Crippen molar-refractivity contribution >= 4 is 73.5 Å². The molecule has 0 amide bonds. The van der Waals surface area contributed by atoms with Gasteiger partial charge in [0.1, 0.15) is 5.01 Å². The Hall–Kier alpha value is -2.18. The standard InChI is InChI=1S/C21H15Cl2N3S2/c1-12-2-7-18-19(8-12)28-20(26-18)13-3-5-16(6-4-13)24-21(27)25-17-10-14(22)9-15(23)11-17/h2-11H,1H3,(H2,24,25,27). The highest BCUT2D eigenvalue weighted by atomic mass is 35.5. The molecule has 0 spiro atoms. The summed E-state index contributed by atoms with van der Waals surface area (Å²) in [5.74, 6) is 0. The van der Waals surface area contributed by atoms with E-state index < -0.39 is 0 Å². The maximum atomic E-state index is 6.01. The van der Waals surface area contributed by atoms with Gasteiger partial charge in [0.15, 0.2) is 5.11 Å². The van der Waals surface area contributed by atoms with Crippen LogP contribution in [0.25, 0.3) is 20.8 Å². The van der Waals surface area contributed by atoms with Gasteiger partial charge in [-0.05, 0) is 79.3 Å². The highest BCUT2D eigenvalue weighted by molar-refractivity contribution is 7.80. The van der Waals surface area contributed by atoms with Crippen molar-refractivity contribution in [3.8, 4) is 10.6 Å². The van der Waals surface area contributed by atoms with Crippen LogP contribution in [0, 0.1) is 6.92 Å². The van der Waals surface area contributed by atoms with Gasteiger partial charge >= 0.3 is 0 Å². The molecular formula is C21H15Cl2N3S2. The van der Waals surface area contributed by atoms with Gasteiger partial charge in [-0.15, -0.1) is 11.3 Å². The number of thiocarbonyl (C=S) groups is 1. The van der Waals surface area contributed by atoms with Crippen molar-refractivity contribution in [2.45, 2.75) is 6.92 Å². The summed E-state index contributed by atoms with van der Waals surface area (Å²) in [7, 11) is 0. The molecule has 3 aromatic carbocycles. The maximum Gasteiger partial charge on any atom is 0.175 e. The van der Waals surface area contributed by atoms with E-state index in [1.54, 1.807) is 29.5 Å². The topological polar surface area (TPSA) is 37.0 Å². The Morgan fingerprint density at radius 2 is 1.57 bits per heavy atom. The maximum absolute atomic E-state index is 6.01. The predicted molar refractivity (Wildman–Crippen MR) is 126 cm³/mol. The van der Waals surface area contributed by atoms with Crippen LogP contribution in [0.5, 0.6) is 0 Å². The van der Waals surface area contributed by atoms with E-state index in [-0.39, 0.29) is 0 Å². The van der Waals surface area contributed by atoms with Crippen LogP contribution in [0.2, 0.25) is 10.0 Å². The molecule has 0 aliphatic heterocycles. The summed E-state index contributed by atoms with van der Waals surface area (Å²) in [6.07, 6.45) is 0. The molecule has 0 aliphatic rings. The number of benzene rings is 3. The van der Waals surface area contributed by atoms with Crippen LogP contribution < -0.4 is 10.6 Å². The predicted octanol–water partition coefficient (Wildman–Crippen LogP) is 7.39. The molecule has 28 heavy (non-hydrogen) atoms. The lowest BCUT2D eigenvalue weighted by molar-refractivity contribution is 1.45. The van der Waals surface area contributed by atoms with E-state index in [1.807, 2.05) is 24.3 Å². The highest BCUT2D eigenvalue weighted by Gasteiger charge is 2.07. The first-order chi connectivity index (χ1) is 13.5. The van der Waals surface area contributed by atoms with Gasteiger partial charge in [-0.25, -0.2) is 4.98 Å². The minimum atomic E-state index is 0.460. The Bertz CT molecular complexity index is 1150. The van der Waals surface area contributed by atoms with Gasteiger partial charge in [0.2, 0.25) is 0 Å². The summed E-state index contributed by atoms with van der Waals surface area (Å²) in [6.45, 7) is 2.09. The Kier molecular flexibility index (Phi) is 5.51. The van der Waals surface area contributed by atoms with Crippen molar-refractivity contribution in [3.05, 3.63) is 76.3 Å². The summed E-state index contributed by atoms with van der Waals surface area (Å²) in [6, 6.07) is 19.5. The monoisotopic (exact) mass is 443 g/mol. The molecule has 0 fully saturated rings. The number of fused-ring (bicyclic) bond motifs is 1. The molecule has 0 aliphatic carbocycles. The van der Waals surface area contributed by atoms with Gasteiger partial charge < -0.3 is 10.6 Å². The molecule has 0 saturated heterocycles.